The minimum absolute atomic E-state index is 0.267. The maximum Gasteiger partial charge on any atom is 0.129 e. The summed E-state index contributed by atoms with van der Waals surface area (Å²) >= 11 is 7.59. The summed E-state index contributed by atoms with van der Waals surface area (Å²) in [4.78, 5) is 4.26. The molecule has 5 heteroatoms. The van der Waals surface area contributed by atoms with Crippen molar-refractivity contribution in [1.29, 1.82) is 0 Å². The standard InChI is InChI=1S/C13H14ClFN2S/c1-9(13-17-5-6-18-13)7-16-8-10-11(14)3-2-4-12(10)15/h2-6,9,16H,7-8H2,1H3. The molecular weight excluding hydrogens is 271 g/mol. The van der Waals surface area contributed by atoms with Crippen molar-refractivity contribution in [1.82, 2.24) is 10.3 Å². The molecule has 0 fully saturated rings. The van der Waals surface area contributed by atoms with Crippen molar-refractivity contribution in [2.75, 3.05) is 6.54 Å². The van der Waals surface area contributed by atoms with E-state index in [0.29, 0.717) is 23.0 Å². The quantitative estimate of drug-likeness (QED) is 0.903. The number of thiazole rings is 1. The molecule has 0 saturated heterocycles. The van der Waals surface area contributed by atoms with E-state index in [1.807, 2.05) is 5.38 Å². The van der Waals surface area contributed by atoms with Crippen molar-refractivity contribution in [2.24, 2.45) is 0 Å². The summed E-state index contributed by atoms with van der Waals surface area (Å²) in [5, 5.41) is 6.72. The van der Waals surface area contributed by atoms with Gasteiger partial charge in [-0.05, 0) is 12.1 Å². The SMILES string of the molecule is CC(CNCc1c(F)cccc1Cl)c1nccs1. The van der Waals surface area contributed by atoms with Crippen LogP contribution in [0.25, 0.3) is 0 Å². The number of rotatable bonds is 5. The van der Waals surface area contributed by atoms with E-state index in [9.17, 15) is 4.39 Å². The summed E-state index contributed by atoms with van der Waals surface area (Å²) < 4.78 is 13.5. The Morgan fingerprint density at radius 2 is 2.33 bits per heavy atom. The maximum atomic E-state index is 13.5. The Kier molecular flexibility index (Phi) is 4.69. The van der Waals surface area contributed by atoms with E-state index in [1.54, 1.807) is 29.7 Å². The van der Waals surface area contributed by atoms with Gasteiger partial charge in [0, 0.05) is 41.2 Å². The fourth-order valence-corrected chi connectivity index (χ4v) is 2.61. The number of aromatic nitrogens is 1. The van der Waals surface area contributed by atoms with Gasteiger partial charge in [-0.25, -0.2) is 9.37 Å². The molecule has 0 spiro atoms. The Morgan fingerprint density at radius 3 is 3.00 bits per heavy atom. The lowest BCUT2D eigenvalue weighted by molar-refractivity contribution is 0.570. The first-order valence-corrected chi connectivity index (χ1v) is 6.97. The average Bonchev–Trinajstić information content (AvgIpc) is 2.86. The number of benzene rings is 1. The van der Waals surface area contributed by atoms with Crippen molar-refractivity contribution >= 4 is 22.9 Å². The van der Waals surface area contributed by atoms with Gasteiger partial charge in [0.15, 0.2) is 0 Å². The van der Waals surface area contributed by atoms with Crippen LogP contribution in [-0.2, 0) is 6.54 Å². The van der Waals surface area contributed by atoms with Crippen LogP contribution in [-0.4, -0.2) is 11.5 Å². The van der Waals surface area contributed by atoms with Crippen LogP contribution in [0.15, 0.2) is 29.8 Å². The molecule has 1 aromatic carbocycles. The Hall–Kier alpha value is -0.970. The molecule has 1 unspecified atom stereocenters. The average molecular weight is 285 g/mol. The van der Waals surface area contributed by atoms with Gasteiger partial charge in [-0.3, -0.25) is 0 Å². The van der Waals surface area contributed by atoms with E-state index in [4.69, 9.17) is 11.6 Å². The van der Waals surface area contributed by atoms with Crippen molar-refractivity contribution in [3.63, 3.8) is 0 Å². The number of hydrogen-bond donors (Lipinski definition) is 1. The largest absolute Gasteiger partial charge is 0.312 e. The smallest absolute Gasteiger partial charge is 0.129 e. The lowest BCUT2D eigenvalue weighted by Gasteiger charge is -2.11. The molecule has 2 aromatic rings. The van der Waals surface area contributed by atoms with Crippen LogP contribution >= 0.6 is 22.9 Å². The van der Waals surface area contributed by atoms with Crippen LogP contribution in [0.5, 0.6) is 0 Å². The highest BCUT2D eigenvalue weighted by molar-refractivity contribution is 7.09. The van der Waals surface area contributed by atoms with Gasteiger partial charge >= 0.3 is 0 Å². The Bertz CT molecular complexity index is 481. The first-order valence-electron chi connectivity index (χ1n) is 5.71. The van der Waals surface area contributed by atoms with Crippen molar-refractivity contribution in [3.05, 3.63) is 51.2 Å². The lowest BCUT2D eigenvalue weighted by Crippen LogP contribution is -2.20. The molecule has 0 saturated carbocycles. The fraction of sp³-hybridized carbons (Fsp3) is 0.308. The molecule has 0 aliphatic rings. The third-order valence-corrected chi connectivity index (χ3v) is 4.05. The highest BCUT2D eigenvalue weighted by Crippen LogP contribution is 2.20. The normalized spacial score (nSPS) is 12.6. The second kappa shape index (κ2) is 6.27. The van der Waals surface area contributed by atoms with Crippen LogP contribution in [0.1, 0.15) is 23.4 Å². The first kappa shape index (κ1) is 13.5. The second-order valence-corrected chi connectivity index (χ2v) is 5.44. The van der Waals surface area contributed by atoms with Gasteiger partial charge in [0.25, 0.3) is 0 Å². The lowest BCUT2D eigenvalue weighted by atomic mass is 10.1. The number of nitrogens with one attached hydrogen (secondary N) is 1. The summed E-state index contributed by atoms with van der Waals surface area (Å²) in [5.41, 5.74) is 0.519. The van der Waals surface area contributed by atoms with Crippen LogP contribution in [0.3, 0.4) is 0 Å². The summed E-state index contributed by atoms with van der Waals surface area (Å²) in [6.07, 6.45) is 1.80. The van der Waals surface area contributed by atoms with Crippen molar-refractivity contribution in [2.45, 2.75) is 19.4 Å². The molecule has 1 heterocycles. The zero-order valence-corrected chi connectivity index (χ0v) is 11.6. The second-order valence-electron chi connectivity index (χ2n) is 4.10. The topological polar surface area (TPSA) is 24.9 Å². The molecule has 1 atom stereocenters. The predicted octanol–water partition coefficient (Wildman–Crippen LogP) is 3.83. The molecule has 2 rings (SSSR count). The first-order chi connectivity index (χ1) is 8.68. The van der Waals surface area contributed by atoms with Gasteiger partial charge in [0.05, 0.1) is 5.01 Å². The molecule has 0 aliphatic heterocycles. The van der Waals surface area contributed by atoms with Crippen molar-refractivity contribution in [3.8, 4) is 0 Å². The van der Waals surface area contributed by atoms with Crippen LogP contribution < -0.4 is 5.32 Å². The van der Waals surface area contributed by atoms with Gasteiger partial charge in [0.2, 0.25) is 0 Å². The van der Waals surface area contributed by atoms with Gasteiger partial charge in [-0.15, -0.1) is 11.3 Å². The predicted molar refractivity (Wildman–Crippen MR) is 73.6 cm³/mol. The third kappa shape index (κ3) is 3.28. The van der Waals surface area contributed by atoms with Gasteiger partial charge < -0.3 is 5.32 Å². The van der Waals surface area contributed by atoms with E-state index in [2.05, 4.69) is 17.2 Å². The van der Waals surface area contributed by atoms with Gasteiger partial charge in [-0.2, -0.15) is 0 Å². The molecule has 18 heavy (non-hydrogen) atoms. The molecule has 1 N–H and O–H groups in total. The van der Waals surface area contributed by atoms with E-state index < -0.39 is 0 Å². The van der Waals surface area contributed by atoms with E-state index >= 15 is 0 Å². The molecule has 0 amide bonds. The van der Waals surface area contributed by atoms with E-state index in [1.165, 1.54) is 6.07 Å². The third-order valence-electron chi connectivity index (χ3n) is 2.69. The molecular formula is C13H14ClFN2S. The molecule has 2 nitrogen and oxygen atoms in total. The molecule has 96 valence electrons. The molecule has 0 radical (unpaired) electrons. The van der Waals surface area contributed by atoms with Gasteiger partial charge in [0.1, 0.15) is 5.82 Å². The van der Waals surface area contributed by atoms with E-state index in [-0.39, 0.29) is 5.82 Å². The monoisotopic (exact) mass is 284 g/mol. The zero-order valence-electron chi connectivity index (χ0n) is 9.99. The van der Waals surface area contributed by atoms with Crippen LogP contribution in [0.2, 0.25) is 5.02 Å². The molecule has 0 aliphatic carbocycles. The van der Waals surface area contributed by atoms with Crippen molar-refractivity contribution < 1.29 is 4.39 Å². The highest BCUT2D eigenvalue weighted by Gasteiger charge is 2.10. The Morgan fingerprint density at radius 1 is 1.50 bits per heavy atom. The summed E-state index contributed by atoms with van der Waals surface area (Å²) in [6.45, 7) is 3.27. The van der Waals surface area contributed by atoms with E-state index in [0.717, 1.165) is 11.6 Å². The highest BCUT2D eigenvalue weighted by atomic mass is 35.5. The summed E-state index contributed by atoms with van der Waals surface area (Å²) in [7, 11) is 0. The number of nitrogens with zero attached hydrogens (tertiary/aromatic N) is 1. The fourth-order valence-electron chi connectivity index (χ4n) is 1.68. The number of halogens is 2. The summed E-state index contributed by atoms with van der Waals surface area (Å²) in [5.74, 6) is 0.0486. The number of hydrogen-bond acceptors (Lipinski definition) is 3. The zero-order chi connectivity index (χ0) is 13.0. The van der Waals surface area contributed by atoms with Crippen LogP contribution in [0.4, 0.5) is 4.39 Å². The minimum Gasteiger partial charge on any atom is -0.312 e. The minimum atomic E-state index is -0.267. The van der Waals surface area contributed by atoms with Gasteiger partial charge in [-0.1, -0.05) is 24.6 Å². The van der Waals surface area contributed by atoms with Crippen LogP contribution in [0, 0.1) is 5.82 Å². The maximum absolute atomic E-state index is 13.5. The Labute approximate surface area is 115 Å². The molecule has 1 aromatic heterocycles. The summed E-state index contributed by atoms with van der Waals surface area (Å²) in [6, 6.07) is 4.73. The molecule has 0 bridgehead atoms. The Balaban J connectivity index is 1.89.